The number of rotatable bonds is 3. The van der Waals surface area contributed by atoms with Crippen LogP contribution in [0.4, 0.5) is 5.69 Å². The van der Waals surface area contributed by atoms with E-state index in [0.717, 1.165) is 11.3 Å². The summed E-state index contributed by atoms with van der Waals surface area (Å²) >= 11 is 0. The molecule has 1 fully saturated rings. The van der Waals surface area contributed by atoms with Gasteiger partial charge in [-0.15, -0.1) is 0 Å². The number of carbonyl (C=O) groups excluding carboxylic acids is 2. The number of benzene rings is 1. The number of nitrogens with two attached hydrogens (primary N) is 1. The van der Waals surface area contributed by atoms with Gasteiger partial charge in [0.15, 0.2) is 0 Å². The standard InChI is InChI=1S/C16H19N5O2/c1-19-10-13(9-18-19)21-8-7-20(11-14(21)22)16(23)15(17)12-5-3-2-4-6-12/h2-6,9-10,15H,7-8,11,17H2,1H3/t15-/m0/s1. The molecule has 1 aromatic heterocycles. The summed E-state index contributed by atoms with van der Waals surface area (Å²) in [4.78, 5) is 28.0. The first-order valence-corrected chi connectivity index (χ1v) is 7.44. The Kier molecular flexibility index (Phi) is 4.12. The van der Waals surface area contributed by atoms with Gasteiger partial charge in [-0.25, -0.2) is 0 Å². The lowest BCUT2D eigenvalue weighted by atomic mass is 10.1. The Hall–Kier alpha value is -2.67. The Bertz CT molecular complexity index is 712. The zero-order valence-electron chi connectivity index (χ0n) is 12.9. The second-order valence-corrected chi connectivity index (χ2v) is 5.57. The number of aryl methyl sites for hydroxylation is 1. The summed E-state index contributed by atoms with van der Waals surface area (Å²) in [5.74, 6) is -0.353. The molecule has 0 radical (unpaired) electrons. The van der Waals surface area contributed by atoms with Gasteiger partial charge in [0, 0.05) is 26.3 Å². The Labute approximate surface area is 134 Å². The summed E-state index contributed by atoms with van der Waals surface area (Å²) in [6.07, 6.45) is 3.43. The van der Waals surface area contributed by atoms with Crippen LogP contribution in [0.15, 0.2) is 42.7 Å². The van der Waals surface area contributed by atoms with Crippen molar-refractivity contribution in [3.05, 3.63) is 48.3 Å². The van der Waals surface area contributed by atoms with Crippen molar-refractivity contribution < 1.29 is 9.59 Å². The molecule has 0 saturated carbocycles. The summed E-state index contributed by atoms with van der Waals surface area (Å²) in [6.45, 7) is 0.937. The number of hydrogen-bond donors (Lipinski definition) is 1. The van der Waals surface area contributed by atoms with E-state index in [-0.39, 0.29) is 18.4 Å². The highest BCUT2D eigenvalue weighted by Gasteiger charge is 2.31. The van der Waals surface area contributed by atoms with E-state index in [1.54, 1.807) is 29.0 Å². The molecule has 0 aliphatic carbocycles. The third-order valence-electron chi connectivity index (χ3n) is 3.96. The van der Waals surface area contributed by atoms with Crippen molar-refractivity contribution in [2.45, 2.75) is 6.04 Å². The van der Waals surface area contributed by atoms with Gasteiger partial charge in [-0.1, -0.05) is 30.3 Å². The zero-order valence-corrected chi connectivity index (χ0v) is 12.9. The molecule has 2 heterocycles. The first-order chi connectivity index (χ1) is 11.1. The van der Waals surface area contributed by atoms with Crippen LogP contribution in [0.5, 0.6) is 0 Å². The van der Waals surface area contributed by atoms with E-state index in [1.807, 2.05) is 30.3 Å². The maximum atomic E-state index is 12.5. The van der Waals surface area contributed by atoms with E-state index in [9.17, 15) is 9.59 Å². The molecular formula is C16H19N5O2. The minimum Gasteiger partial charge on any atom is -0.330 e. The molecule has 1 atom stereocenters. The fourth-order valence-corrected chi connectivity index (χ4v) is 2.68. The number of anilines is 1. The van der Waals surface area contributed by atoms with Gasteiger partial charge in [0.05, 0.1) is 11.9 Å². The van der Waals surface area contributed by atoms with Crippen LogP contribution < -0.4 is 10.6 Å². The molecule has 23 heavy (non-hydrogen) atoms. The Morgan fingerprint density at radius 2 is 2.00 bits per heavy atom. The molecule has 1 saturated heterocycles. The van der Waals surface area contributed by atoms with Crippen LogP contribution in [0.3, 0.4) is 0 Å². The Balaban J connectivity index is 1.68. The van der Waals surface area contributed by atoms with Crippen molar-refractivity contribution in [1.82, 2.24) is 14.7 Å². The van der Waals surface area contributed by atoms with Gasteiger partial charge in [-0.2, -0.15) is 5.10 Å². The van der Waals surface area contributed by atoms with E-state index < -0.39 is 6.04 Å². The van der Waals surface area contributed by atoms with Crippen molar-refractivity contribution in [2.24, 2.45) is 12.8 Å². The lowest BCUT2D eigenvalue weighted by Crippen LogP contribution is -2.54. The molecule has 0 spiro atoms. The third kappa shape index (κ3) is 3.09. The molecule has 3 rings (SSSR count). The van der Waals surface area contributed by atoms with Crippen LogP contribution in [0.25, 0.3) is 0 Å². The Morgan fingerprint density at radius 1 is 1.26 bits per heavy atom. The molecule has 2 amide bonds. The highest BCUT2D eigenvalue weighted by molar-refractivity contribution is 5.98. The third-order valence-corrected chi connectivity index (χ3v) is 3.96. The second-order valence-electron chi connectivity index (χ2n) is 5.57. The van der Waals surface area contributed by atoms with Crippen molar-refractivity contribution in [2.75, 3.05) is 24.5 Å². The van der Waals surface area contributed by atoms with Gasteiger partial charge in [0.1, 0.15) is 12.6 Å². The number of piperazine rings is 1. The number of amides is 2. The van der Waals surface area contributed by atoms with E-state index in [0.29, 0.717) is 13.1 Å². The van der Waals surface area contributed by atoms with Crippen molar-refractivity contribution in [3.8, 4) is 0 Å². The predicted molar refractivity (Wildman–Crippen MR) is 85.5 cm³/mol. The molecule has 1 aliphatic rings. The molecule has 7 nitrogen and oxygen atoms in total. The van der Waals surface area contributed by atoms with Gasteiger partial charge >= 0.3 is 0 Å². The molecule has 2 aromatic rings. The van der Waals surface area contributed by atoms with Gasteiger partial charge < -0.3 is 15.5 Å². The smallest absolute Gasteiger partial charge is 0.246 e. The average Bonchev–Trinajstić information content (AvgIpc) is 3.00. The summed E-state index contributed by atoms with van der Waals surface area (Å²) in [6, 6.07) is 8.44. The van der Waals surface area contributed by atoms with Crippen molar-refractivity contribution >= 4 is 17.5 Å². The fourth-order valence-electron chi connectivity index (χ4n) is 2.68. The van der Waals surface area contributed by atoms with E-state index in [4.69, 9.17) is 5.73 Å². The summed E-state index contributed by atoms with van der Waals surface area (Å²) < 4.78 is 1.64. The summed E-state index contributed by atoms with van der Waals surface area (Å²) in [7, 11) is 1.80. The van der Waals surface area contributed by atoms with Crippen LogP contribution in [0.1, 0.15) is 11.6 Å². The van der Waals surface area contributed by atoms with Crippen molar-refractivity contribution in [1.29, 1.82) is 0 Å². The number of nitrogens with zero attached hydrogens (tertiary/aromatic N) is 4. The van der Waals surface area contributed by atoms with Crippen LogP contribution in [-0.2, 0) is 16.6 Å². The van der Waals surface area contributed by atoms with Gasteiger partial charge in [-0.05, 0) is 5.56 Å². The number of hydrogen-bond acceptors (Lipinski definition) is 4. The maximum absolute atomic E-state index is 12.5. The van der Waals surface area contributed by atoms with Crippen LogP contribution in [-0.4, -0.2) is 46.1 Å². The molecule has 1 aliphatic heterocycles. The predicted octanol–water partition coefficient (Wildman–Crippen LogP) is 0.295. The first-order valence-electron chi connectivity index (χ1n) is 7.44. The lowest BCUT2D eigenvalue weighted by molar-refractivity contribution is -0.138. The molecule has 7 heteroatoms. The van der Waals surface area contributed by atoms with E-state index in [2.05, 4.69) is 5.10 Å². The highest BCUT2D eigenvalue weighted by atomic mass is 16.2. The van der Waals surface area contributed by atoms with E-state index in [1.165, 1.54) is 4.90 Å². The second kappa shape index (κ2) is 6.21. The number of carbonyl (C=O) groups is 2. The highest BCUT2D eigenvalue weighted by Crippen LogP contribution is 2.19. The van der Waals surface area contributed by atoms with Gasteiger partial charge in [0.2, 0.25) is 11.8 Å². The molecule has 0 bridgehead atoms. The SMILES string of the molecule is Cn1cc(N2CCN(C(=O)[C@@H](N)c3ccccc3)CC2=O)cn1. The van der Waals surface area contributed by atoms with Crippen LogP contribution in [0.2, 0.25) is 0 Å². The zero-order chi connectivity index (χ0) is 16.4. The average molecular weight is 313 g/mol. The quantitative estimate of drug-likeness (QED) is 0.883. The monoisotopic (exact) mass is 313 g/mol. The minimum atomic E-state index is -0.742. The molecule has 0 unspecified atom stereocenters. The first kappa shape index (κ1) is 15.2. The lowest BCUT2D eigenvalue weighted by Gasteiger charge is -2.34. The number of aromatic nitrogens is 2. The van der Waals surface area contributed by atoms with Gasteiger partial charge in [-0.3, -0.25) is 14.3 Å². The Morgan fingerprint density at radius 3 is 2.61 bits per heavy atom. The molecule has 120 valence electrons. The van der Waals surface area contributed by atoms with Crippen molar-refractivity contribution in [3.63, 3.8) is 0 Å². The molecule has 2 N–H and O–H groups in total. The molecule has 1 aromatic carbocycles. The van der Waals surface area contributed by atoms with Crippen LogP contribution >= 0.6 is 0 Å². The normalized spacial score (nSPS) is 16.5. The molecular weight excluding hydrogens is 294 g/mol. The van der Waals surface area contributed by atoms with Gasteiger partial charge in [0.25, 0.3) is 0 Å². The maximum Gasteiger partial charge on any atom is 0.246 e. The largest absolute Gasteiger partial charge is 0.330 e. The minimum absolute atomic E-state index is 0.0360. The van der Waals surface area contributed by atoms with Crippen LogP contribution in [0, 0.1) is 0 Å². The summed E-state index contributed by atoms with van der Waals surface area (Å²) in [5, 5.41) is 4.07. The fraction of sp³-hybridized carbons (Fsp3) is 0.312. The summed E-state index contributed by atoms with van der Waals surface area (Å²) in [5.41, 5.74) is 7.53. The van der Waals surface area contributed by atoms with E-state index >= 15 is 0 Å². The topological polar surface area (TPSA) is 84.5 Å².